The van der Waals surface area contributed by atoms with Gasteiger partial charge in [-0.3, -0.25) is 0 Å². The molecular formula is C13H15ClN4O2S. The molecule has 1 aromatic heterocycles. The summed E-state index contributed by atoms with van der Waals surface area (Å²) in [6.07, 6.45) is 0.714. The van der Waals surface area contributed by atoms with Gasteiger partial charge in [-0.15, -0.1) is 0 Å². The minimum Gasteiger partial charge on any atom is -0.370 e. The molecular weight excluding hydrogens is 312 g/mol. The molecule has 2 rings (SSSR count). The molecule has 1 aromatic carbocycles. The molecule has 0 aliphatic heterocycles. The Kier molecular flexibility index (Phi) is 4.76. The predicted octanol–water partition coefficient (Wildman–Crippen LogP) is 1.74. The van der Waals surface area contributed by atoms with Crippen LogP contribution in [0.15, 0.2) is 35.2 Å². The second-order valence-corrected chi connectivity index (χ2v) is 6.43. The van der Waals surface area contributed by atoms with Gasteiger partial charge in [-0.2, -0.15) is 0 Å². The number of aromatic nitrogens is 2. The summed E-state index contributed by atoms with van der Waals surface area (Å²) in [5, 5.41) is 8.39. The molecule has 112 valence electrons. The summed E-state index contributed by atoms with van der Waals surface area (Å²) < 4.78 is 22.3. The maximum absolute atomic E-state index is 11.1. The molecule has 21 heavy (non-hydrogen) atoms. The summed E-state index contributed by atoms with van der Waals surface area (Å²) in [5.41, 5.74) is 1.78. The third-order valence-electron chi connectivity index (χ3n) is 2.80. The lowest BCUT2D eigenvalue weighted by molar-refractivity contribution is 0.598. The van der Waals surface area contributed by atoms with E-state index in [9.17, 15) is 8.42 Å². The zero-order valence-electron chi connectivity index (χ0n) is 11.4. The molecule has 0 saturated carbocycles. The van der Waals surface area contributed by atoms with E-state index in [2.05, 4.69) is 15.3 Å². The standard InChI is InChI=1S/C13H15ClN4O2S/c1-9-8-12(18-13(14)17-9)16-7-6-10-2-4-11(5-3-10)21(15,19)20/h2-5,8H,6-7H2,1H3,(H2,15,19,20)(H,16,17,18). The summed E-state index contributed by atoms with van der Waals surface area (Å²) in [4.78, 5) is 8.15. The first-order valence-electron chi connectivity index (χ1n) is 6.21. The Morgan fingerprint density at radius 3 is 2.48 bits per heavy atom. The zero-order chi connectivity index (χ0) is 15.5. The van der Waals surface area contributed by atoms with Gasteiger partial charge in [0, 0.05) is 18.3 Å². The van der Waals surface area contributed by atoms with Crippen molar-refractivity contribution in [2.24, 2.45) is 5.14 Å². The normalized spacial score (nSPS) is 11.4. The number of nitrogens with two attached hydrogens (primary N) is 1. The molecule has 1 heterocycles. The minimum atomic E-state index is -3.64. The first-order valence-corrected chi connectivity index (χ1v) is 8.14. The van der Waals surface area contributed by atoms with Crippen LogP contribution >= 0.6 is 11.6 Å². The number of rotatable bonds is 5. The highest BCUT2D eigenvalue weighted by molar-refractivity contribution is 7.89. The van der Waals surface area contributed by atoms with Crippen LogP contribution in [0.3, 0.4) is 0 Å². The highest BCUT2D eigenvalue weighted by Crippen LogP contribution is 2.11. The summed E-state index contributed by atoms with van der Waals surface area (Å²) in [6.45, 7) is 2.48. The zero-order valence-corrected chi connectivity index (χ0v) is 12.9. The van der Waals surface area contributed by atoms with Crippen LogP contribution in [-0.2, 0) is 16.4 Å². The Labute approximate surface area is 128 Å². The van der Waals surface area contributed by atoms with Crippen molar-refractivity contribution in [3.63, 3.8) is 0 Å². The number of benzene rings is 1. The number of sulfonamides is 1. The van der Waals surface area contributed by atoms with Gasteiger partial charge in [-0.25, -0.2) is 23.5 Å². The van der Waals surface area contributed by atoms with Gasteiger partial charge in [0.15, 0.2) is 0 Å². The molecule has 8 heteroatoms. The van der Waals surface area contributed by atoms with E-state index in [-0.39, 0.29) is 10.2 Å². The maximum atomic E-state index is 11.1. The fourth-order valence-corrected chi connectivity index (χ4v) is 2.54. The van der Waals surface area contributed by atoms with E-state index >= 15 is 0 Å². The summed E-state index contributed by atoms with van der Waals surface area (Å²) in [7, 11) is -3.64. The van der Waals surface area contributed by atoms with Gasteiger partial charge >= 0.3 is 0 Å². The molecule has 3 N–H and O–H groups in total. The van der Waals surface area contributed by atoms with Crippen LogP contribution in [0.5, 0.6) is 0 Å². The third kappa shape index (κ3) is 4.66. The van der Waals surface area contributed by atoms with Crippen molar-refractivity contribution in [1.29, 1.82) is 0 Å². The number of anilines is 1. The van der Waals surface area contributed by atoms with Crippen molar-refractivity contribution in [2.75, 3.05) is 11.9 Å². The number of primary sulfonamides is 1. The lowest BCUT2D eigenvalue weighted by atomic mass is 10.1. The number of hydrogen-bond acceptors (Lipinski definition) is 5. The second kappa shape index (κ2) is 6.38. The Morgan fingerprint density at radius 2 is 1.90 bits per heavy atom. The molecule has 2 aromatic rings. The minimum absolute atomic E-state index is 0.109. The van der Waals surface area contributed by atoms with Crippen LogP contribution in [0.25, 0.3) is 0 Å². The average Bonchev–Trinajstić information content (AvgIpc) is 2.37. The SMILES string of the molecule is Cc1cc(NCCc2ccc(S(N)(=O)=O)cc2)nc(Cl)n1. The number of halogens is 1. The third-order valence-corrected chi connectivity index (χ3v) is 3.90. The van der Waals surface area contributed by atoms with Gasteiger partial charge in [0.1, 0.15) is 5.82 Å². The fourth-order valence-electron chi connectivity index (χ4n) is 1.80. The van der Waals surface area contributed by atoms with E-state index in [1.54, 1.807) is 18.2 Å². The van der Waals surface area contributed by atoms with Crippen molar-refractivity contribution in [3.05, 3.63) is 46.9 Å². The van der Waals surface area contributed by atoms with E-state index in [0.717, 1.165) is 11.3 Å². The Bertz CT molecular complexity index is 712. The summed E-state index contributed by atoms with van der Waals surface area (Å²) in [5.74, 6) is 0.661. The highest BCUT2D eigenvalue weighted by Gasteiger charge is 2.06. The van der Waals surface area contributed by atoms with Crippen molar-refractivity contribution < 1.29 is 8.42 Å². The predicted molar refractivity (Wildman–Crippen MR) is 81.8 cm³/mol. The highest BCUT2D eigenvalue weighted by atomic mass is 35.5. The fraction of sp³-hybridized carbons (Fsp3) is 0.231. The lowest BCUT2D eigenvalue weighted by Gasteiger charge is -2.07. The van der Waals surface area contributed by atoms with Crippen molar-refractivity contribution in [2.45, 2.75) is 18.2 Å². The smallest absolute Gasteiger partial charge is 0.238 e. The number of aryl methyl sites for hydroxylation is 1. The van der Waals surface area contributed by atoms with Crippen LogP contribution < -0.4 is 10.5 Å². The molecule has 0 atom stereocenters. The maximum Gasteiger partial charge on any atom is 0.238 e. The Morgan fingerprint density at radius 1 is 1.24 bits per heavy atom. The molecule has 0 unspecified atom stereocenters. The van der Waals surface area contributed by atoms with Crippen molar-refractivity contribution in [3.8, 4) is 0 Å². The molecule has 0 aliphatic carbocycles. The van der Waals surface area contributed by atoms with E-state index in [1.807, 2.05) is 6.92 Å². The molecule has 6 nitrogen and oxygen atoms in total. The number of nitrogens with one attached hydrogen (secondary N) is 1. The number of hydrogen-bond donors (Lipinski definition) is 2. The largest absolute Gasteiger partial charge is 0.370 e. The molecule has 0 spiro atoms. The summed E-state index contributed by atoms with van der Waals surface area (Å²) >= 11 is 5.78. The van der Waals surface area contributed by atoms with Gasteiger partial charge < -0.3 is 5.32 Å². The van der Waals surface area contributed by atoms with Gasteiger partial charge in [0.2, 0.25) is 15.3 Å². The van der Waals surface area contributed by atoms with E-state index in [4.69, 9.17) is 16.7 Å². The van der Waals surface area contributed by atoms with E-state index in [0.29, 0.717) is 18.8 Å². The molecule has 0 amide bonds. The average molecular weight is 327 g/mol. The Balaban J connectivity index is 1.94. The van der Waals surface area contributed by atoms with Crippen LogP contribution in [0.2, 0.25) is 5.28 Å². The number of nitrogens with zero attached hydrogens (tertiary/aromatic N) is 2. The van der Waals surface area contributed by atoms with Crippen LogP contribution in [0.4, 0.5) is 5.82 Å². The monoisotopic (exact) mass is 326 g/mol. The molecule has 0 radical (unpaired) electrons. The van der Waals surface area contributed by atoms with Crippen LogP contribution in [0.1, 0.15) is 11.3 Å². The summed E-state index contributed by atoms with van der Waals surface area (Å²) in [6, 6.07) is 8.27. The van der Waals surface area contributed by atoms with Gasteiger partial charge in [0.25, 0.3) is 0 Å². The van der Waals surface area contributed by atoms with Crippen molar-refractivity contribution in [1.82, 2.24) is 9.97 Å². The molecule has 0 fully saturated rings. The van der Waals surface area contributed by atoms with Crippen molar-refractivity contribution >= 4 is 27.4 Å². The first-order chi connectivity index (χ1) is 9.84. The topological polar surface area (TPSA) is 98.0 Å². The lowest BCUT2D eigenvalue weighted by Crippen LogP contribution is -2.12. The quantitative estimate of drug-likeness (QED) is 0.815. The van der Waals surface area contributed by atoms with Gasteiger partial charge in [-0.05, 0) is 42.6 Å². The first kappa shape index (κ1) is 15.7. The van der Waals surface area contributed by atoms with Crippen LogP contribution in [0, 0.1) is 6.92 Å². The second-order valence-electron chi connectivity index (χ2n) is 4.53. The van der Waals surface area contributed by atoms with Gasteiger partial charge in [-0.1, -0.05) is 12.1 Å². The molecule has 0 saturated heterocycles. The van der Waals surface area contributed by atoms with E-state index in [1.165, 1.54) is 12.1 Å². The molecule has 0 bridgehead atoms. The van der Waals surface area contributed by atoms with Crippen LogP contribution in [-0.4, -0.2) is 24.9 Å². The van der Waals surface area contributed by atoms with E-state index < -0.39 is 10.0 Å². The Hall–Kier alpha value is -1.70. The molecule has 0 aliphatic rings. The van der Waals surface area contributed by atoms with Gasteiger partial charge in [0.05, 0.1) is 4.90 Å².